The second-order valence-corrected chi connectivity index (χ2v) is 6.82. The summed E-state index contributed by atoms with van der Waals surface area (Å²) in [7, 11) is 2.12. The number of hydrogen-bond donors (Lipinski definition) is 0. The number of benzene rings is 1. The first-order valence-corrected chi connectivity index (χ1v) is 7.76. The number of aromatic nitrogens is 3. The molecule has 0 atom stereocenters. The fourth-order valence-corrected chi connectivity index (χ4v) is 2.98. The molecule has 1 heterocycles. The minimum absolute atomic E-state index is 0.0250. The van der Waals surface area contributed by atoms with Gasteiger partial charge in [0.1, 0.15) is 6.33 Å². The van der Waals surface area contributed by atoms with Gasteiger partial charge in [-0.3, -0.25) is 0 Å². The Balaban J connectivity index is 1.89. The smallest absolute Gasteiger partial charge is 0.191 e. The topological polar surface area (TPSA) is 34.0 Å². The first-order valence-electron chi connectivity index (χ1n) is 6.78. The van der Waals surface area contributed by atoms with Crippen molar-refractivity contribution in [3.63, 3.8) is 0 Å². The summed E-state index contributed by atoms with van der Waals surface area (Å²) in [6.07, 6.45) is 1.81. The van der Waals surface area contributed by atoms with E-state index in [9.17, 15) is 0 Å². The predicted octanol–water partition coefficient (Wildman–Crippen LogP) is 3.26. The molecule has 0 saturated carbocycles. The van der Waals surface area contributed by atoms with E-state index in [1.807, 2.05) is 12.4 Å². The van der Waals surface area contributed by atoms with Gasteiger partial charge in [-0.05, 0) is 32.9 Å². The van der Waals surface area contributed by atoms with E-state index in [1.165, 1.54) is 5.69 Å². The second-order valence-electron chi connectivity index (χ2n) is 5.76. The summed E-state index contributed by atoms with van der Waals surface area (Å²) in [5.41, 5.74) is 1.27. The number of nitrogens with zero attached hydrogens (tertiary/aromatic N) is 4. The van der Waals surface area contributed by atoms with Crippen LogP contribution in [-0.2, 0) is 5.54 Å². The number of anilines is 1. The Morgan fingerprint density at radius 1 is 1.20 bits per heavy atom. The van der Waals surface area contributed by atoms with Crippen LogP contribution >= 0.6 is 11.8 Å². The van der Waals surface area contributed by atoms with Gasteiger partial charge < -0.3 is 9.47 Å². The lowest BCUT2D eigenvalue weighted by atomic mass is 10.1. The van der Waals surface area contributed by atoms with Gasteiger partial charge in [0.05, 0.1) is 0 Å². The van der Waals surface area contributed by atoms with Crippen LogP contribution in [-0.4, -0.2) is 34.1 Å². The highest BCUT2D eigenvalue weighted by Crippen LogP contribution is 2.23. The second kappa shape index (κ2) is 6.31. The van der Waals surface area contributed by atoms with Crippen LogP contribution < -0.4 is 4.90 Å². The Hall–Kier alpha value is -1.49. The zero-order valence-corrected chi connectivity index (χ0v) is 13.4. The van der Waals surface area contributed by atoms with Gasteiger partial charge in [0.2, 0.25) is 0 Å². The monoisotopic (exact) mass is 290 g/mol. The molecule has 0 aliphatic carbocycles. The maximum Gasteiger partial charge on any atom is 0.191 e. The summed E-state index contributed by atoms with van der Waals surface area (Å²) >= 11 is 1.75. The van der Waals surface area contributed by atoms with Gasteiger partial charge in [-0.25, -0.2) is 0 Å². The molecule has 0 aliphatic rings. The lowest BCUT2D eigenvalue weighted by Gasteiger charge is -2.22. The predicted molar refractivity (Wildman–Crippen MR) is 85.5 cm³/mol. The molecule has 0 aliphatic heterocycles. The minimum Gasteiger partial charge on any atom is -0.374 e. The van der Waals surface area contributed by atoms with Crippen molar-refractivity contribution in [2.24, 2.45) is 0 Å². The van der Waals surface area contributed by atoms with Gasteiger partial charge in [0, 0.05) is 30.6 Å². The van der Waals surface area contributed by atoms with E-state index >= 15 is 0 Å². The first kappa shape index (κ1) is 14.9. The van der Waals surface area contributed by atoms with Crippen LogP contribution in [0.4, 0.5) is 5.69 Å². The average Bonchev–Trinajstić information content (AvgIpc) is 2.88. The van der Waals surface area contributed by atoms with E-state index in [2.05, 4.69) is 71.7 Å². The van der Waals surface area contributed by atoms with Crippen molar-refractivity contribution in [2.45, 2.75) is 31.5 Å². The SMILES string of the molecule is CN(CCSc1nncn1C(C)(C)C)c1ccccc1. The Morgan fingerprint density at radius 2 is 1.90 bits per heavy atom. The van der Waals surface area contributed by atoms with Crippen LogP contribution in [0.3, 0.4) is 0 Å². The van der Waals surface area contributed by atoms with Gasteiger partial charge in [-0.15, -0.1) is 10.2 Å². The normalized spacial score (nSPS) is 11.6. The largest absolute Gasteiger partial charge is 0.374 e. The Morgan fingerprint density at radius 3 is 2.55 bits per heavy atom. The first-order chi connectivity index (χ1) is 9.48. The van der Waals surface area contributed by atoms with Gasteiger partial charge in [0.25, 0.3) is 0 Å². The highest BCUT2D eigenvalue weighted by molar-refractivity contribution is 7.99. The molecule has 0 unspecified atom stereocenters. The molecule has 0 N–H and O–H groups in total. The summed E-state index contributed by atoms with van der Waals surface area (Å²) in [6, 6.07) is 10.4. The summed E-state index contributed by atoms with van der Waals surface area (Å²) < 4.78 is 2.13. The Bertz CT molecular complexity index is 530. The number of hydrogen-bond acceptors (Lipinski definition) is 4. The van der Waals surface area contributed by atoms with Crippen LogP contribution in [0.15, 0.2) is 41.8 Å². The van der Waals surface area contributed by atoms with E-state index in [0.717, 1.165) is 17.5 Å². The number of rotatable bonds is 5. The molecule has 108 valence electrons. The highest BCUT2D eigenvalue weighted by atomic mass is 32.2. The van der Waals surface area contributed by atoms with Crippen molar-refractivity contribution < 1.29 is 0 Å². The molecule has 1 aromatic carbocycles. The maximum absolute atomic E-state index is 4.21. The third-order valence-electron chi connectivity index (χ3n) is 3.09. The minimum atomic E-state index is 0.0250. The fraction of sp³-hybridized carbons (Fsp3) is 0.467. The average molecular weight is 290 g/mol. The van der Waals surface area contributed by atoms with Crippen LogP contribution in [0.2, 0.25) is 0 Å². The Kier molecular flexibility index (Phi) is 4.70. The number of thioether (sulfide) groups is 1. The lowest BCUT2D eigenvalue weighted by Crippen LogP contribution is -2.23. The van der Waals surface area contributed by atoms with Crippen molar-refractivity contribution in [3.05, 3.63) is 36.7 Å². The van der Waals surface area contributed by atoms with Gasteiger partial charge in [0.15, 0.2) is 5.16 Å². The van der Waals surface area contributed by atoms with E-state index in [-0.39, 0.29) is 5.54 Å². The van der Waals surface area contributed by atoms with Crippen molar-refractivity contribution in [3.8, 4) is 0 Å². The standard InChI is InChI=1S/C15H22N4S/c1-15(2,3)19-12-16-17-14(19)20-11-10-18(4)13-8-6-5-7-9-13/h5-9,12H,10-11H2,1-4H3. The molecule has 0 saturated heterocycles. The zero-order chi connectivity index (χ0) is 14.6. The molecule has 0 fully saturated rings. The fourth-order valence-electron chi connectivity index (χ4n) is 1.87. The molecule has 2 rings (SSSR count). The van der Waals surface area contributed by atoms with E-state index in [0.29, 0.717) is 0 Å². The third-order valence-corrected chi connectivity index (χ3v) is 4.02. The molecule has 0 amide bonds. The van der Waals surface area contributed by atoms with E-state index in [1.54, 1.807) is 11.8 Å². The molecule has 2 aromatic rings. The quantitative estimate of drug-likeness (QED) is 0.792. The molecule has 0 spiro atoms. The summed E-state index contributed by atoms with van der Waals surface area (Å²) in [6.45, 7) is 7.47. The molecular weight excluding hydrogens is 268 g/mol. The van der Waals surface area contributed by atoms with Crippen LogP contribution in [0, 0.1) is 0 Å². The van der Waals surface area contributed by atoms with Crippen LogP contribution in [0.5, 0.6) is 0 Å². The maximum atomic E-state index is 4.21. The zero-order valence-electron chi connectivity index (χ0n) is 12.6. The van der Waals surface area contributed by atoms with Crippen LogP contribution in [0.25, 0.3) is 0 Å². The third kappa shape index (κ3) is 3.76. The van der Waals surface area contributed by atoms with E-state index in [4.69, 9.17) is 0 Å². The molecular formula is C15H22N4S. The molecule has 5 heteroatoms. The van der Waals surface area contributed by atoms with Crippen LogP contribution in [0.1, 0.15) is 20.8 Å². The molecule has 0 bridgehead atoms. The lowest BCUT2D eigenvalue weighted by molar-refractivity contribution is 0.367. The summed E-state index contributed by atoms with van der Waals surface area (Å²) in [5, 5.41) is 9.22. The van der Waals surface area contributed by atoms with Gasteiger partial charge >= 0.3 is 0 Å². The van der Waals surface area contributed by atoms with Crippen molar-refractivity contribution in [2.75, 3.05) is 24.2 Å². The van der Waals surface area contributed by atoms with E-state index < -0.39 is 0 Å². The van der Waals surface area contributed by atoms with Gasteiger partial charge in [-0.1, -0.05) is 30.0 Å². The summed E-state index contributed by atoms with van der Waals surface area (Å²) in [4.78, 5) is 2.25. The van der Waals surface area contributed by atoms with Crippen molar-refractivity contribution >= 4 is 17.4 Å². The highest BCUT2D eigenvalue weighted by Gasteiger charge is 2.17. The molecule has 4 nitrogen and oxygen atoms in total. The summed E-state index contributed by atoms with van der Waals surface area (Å²) in [5.74, 6) is 0.986. The molecule has 20 heavy (non-hydrogen) atoms. The Labute approximate surface area is 125 Å². The van der Waals surface area contributed by atoms with Crippen molar-refractivity contribution in [1.82, 2.24) is 14.8 Å². The molecule has 0 radical (unpaired) electrons. The van der Waals surface area contributed by atoms with Gasteiger partial charge in [-0.2, -0.15) is 0 Å². The molecule has 1 aromatic heterocycles. The van der Waals surface area contributed by atoms with Crippen molar-refractivity contribution in [1.29, 1.82) is 0 Å². The number of para-hydroxylation sites is 1.